The molecule has 0 spiro atoms. The minimum Gasteiger partial charge on any atom is -0.313 e. The van der Waals surface area contributed by atoms with Crippen molar-refractivity contribution in [1.29, 1.82) is 0 Å². The van der Waals surface area contributed by atoms with E-state index in [4.69, 9.17) is 0 Å². The Balaban J connectivity index is 2.24. The number of hydrogen-bond acceptors (Lipinski definition) is 4. The minimum atomic E-state index is 0.785. The quantitative estimate of drug-likeness (QED) is 0.774. The van der Waals surface area contributed by atoms with Crippen LogP contribution in [-0.4, -0.2) is 26.5 Å². The topological polar surface area (TPSA) is 55.6 Å². The number of hydrogen-bond donors (Lipinski definition) is 1. The summed E-state index contributed by atoms with van der Waals surface area (Å²) < 4.78 is 1.90. The van der Waals surface area contributed by atoms with Gasteiger partial charge in [0.05, 0.1) is 11.9 Å². The van der Waals surface area contributed by atoms with Gasteiger partial charge in [-0.25, -0.2) is 4.68 Å². The highest BCUT2D eigenvalue weighted by Gasteiger charge is 2.12. The molecule has 0 aliphatic heterocycles. The van der Waals surface area contributed by atoms with Crippen LogP contribution in [0, 0.1) is 0 Å². The Labute approximate surface area is 114 Å². The summed E-state index contributed by atoms with van der Waals surface area (Å²) >= 11 is 0. The van der Waals surface area contributed by atoms with E-state index >= 15 is 0 Å². The lowest BCUT2D eigenvalue weighted by Crippen LogP contribution is -2.15. The van der Waals surface area contributed by atoms with Crippen LogP contribution in [0.3, 0.4) is 0 Å². The van der Waals surface area contributed by atoms with E-state index in [1.807, 2.05) is 23.0 Å². The molecular formula is C14H21N5. The monoisotopic (exact) mass is 259 g/mol. The second-order valence-electron chi connectivity index (χ2n) is 4.54. The molecule has 0 bridgehead atoms. The fourth-order valence-electron chi connectivity index (χ4n) is 2.06. The van der Waals surface area contributed by atoms with Crippen LogP contribution in [0.25, 0.3) is 5.82 Å². The maximum absolute atomic E-state index is 4.46. The Bertz CT molecular complexity index is 492. The van der Waals surface area contributed by atoms with E-state index in [9.17, 15) is 0 Å². The van der Waals surface area contributed by atoms with Crippen molar-refractivity contribution in [1.82, 2.24) is 25.3 Å². The van der Waals surface area contributed by atoms with Gasteiger partial charge in [-0.3, -0.25) is 0 Å². The molecule has 0 saturated heterocycles. The second-order valence-corrected chi connectivity index (χ2v) is 4.54. The first-order chi connectivity index (χ1) is 9.36. The molecule has 2 rings (SSSR count). The Kier molecular flexibility index (Phi) is 5.03. The predicted octanol–water partition coefficient (Wildman–Crippen LogP) is 2.11. The van der Waals surface area contributed by atoms with Gasteiger partial charge in [-0.2, -0.15) is 10.2 Å². The second kappa shape index (κ2) is 6.99. The number of nitrogens with zero attached hydrogens (tertiary/aromatic N) is 4. The standard InChI is InChI=1S/C14H21N5/c1-3-6-13-12(10-15-8-4-2)11-17-19(13)14-7-5-9-16-18-14/h5,7,9,11,15H,3-4,6,8,10H2,1-2H3. The van der Waals surface area contributed by atoms with Crippen molar-refractivity contribution in [3.8, 4) is 5.82 Å². The van der Waals surface area contributed by atoms with Crippen LogP contribution in [0.2, 0.25) is 0 Å². The third-order valence-corrected chi connectivity index (χ3v) is 2.96. The maximum atomic E-state index is 4.46. The lowest BCUT2D eigenvalue weighted by atomic mass is 10.1. The Morgan fingerprint density at radius 1 is 1.26 bits per heavy atom. The van der Waals surface area contributed by atoms with Crippen LogP contribution in [0.4, 0.5) is 0 Å². The predicted molar refractivity (Wildman–Crippen MR) is 75.1 cm³/mol. The van der Waals surface area contributed by atoms with Crippen molar-refractivity contribution < 1.29 is 0 Å². The molecule has 2 aromatic heterocycles. The molecule has 0 aromatic carbocycles. The van der Waals surface area contributed by atoms with E-state index in [-0.39, 0.29) is 0 Å². The van der Waals surface area contributed by atoms with Gasteiger partial charge in [0.15, 0.2) is 5.82 Å². The molecule has 0 unspecified atom stereocenters. The third-order valence-electron chi connectivity index (χ3n) is 2.96. The molecular weight excluding hydrogens is 238 g/mol. The zero-order valence-electron chi connectivity index (χ0n) is 11.6. The largest absolute Gasteiger partial charge is 0.313 e. The van der Waals surface area contributed by atoms with Crippen molar-refractivity contribution >= 4 is 0 Å². The number of rotatable bonds is 7. The van der Waals surface area contributed by atoms with E-state index in [2.05, 4.69) is 34.5 Å². The smallest absolute Gasteiger partial charge is 0.175 e. The summed E-state index contributed by atoms with van der Waals surface area (Å²) in [5.74, 6) is 0.785. The lowest BCUT2D eigenvalue weighted by molar-refractivity contribution is 0.664. The van der Waals surface area contributed by atoms with E-state index < -0.39 is 0 Å². The van der Waals surface area contributed by atoms with E-state index in [1.54, 1.807) is 6.20 Å². The van der Waals surface area contributed by atoms with Crippen molar-refractivity contribution in [3.63, 3.8) is 0 Å². The van der Waals surface area contributed by atoms with Crippen molar-refractivity contribution in [2.45, 2.75) is 39.7 Å². The first-order valence-corrected chi connectivity index (χ1v) is 6.91. The molecule has 5 nitrogen and oxygen atoms in total. The SMILES string of the molecule is CCCNCc1cnn(-c2cccnn2)c1CCC. The summed E-state index contributed by atoms with van der Waals surface area (Å²) in [4.78, 5) is 0. The summed E-state index contributed by atoms with van der Waals surface area (Å²) in [6.07, 6.45) is 6.84. The Hall–Kier alpha value is -1.75. The molecule has 0 aliphatic carbocycles. The van der Waals surface area contributed by atoms with Crippen LogP contribution in [0.1, 0.15) is 37.9 Å². The summed E-state index contributed by atoms with van der Waals surface area (Å²) in [7, 11) is 0. The molecule has 0 radical (unpaired) electrons. The minimum absolute atomic E-state index is 0.785. The summed E-state index contributed by atoms with van der Waals surface area (Å²) in [6.45, 7) is 6.24. The molecule has 0 aliphatic rings. The van der Waals surface area contributed by atoms with Gasteiger partial charge < -0.3 is 5.32 Å². The molecule has 0 saturated carbocycles. The first kappa shape index (κ1) is 13.7. The molecule has 0 fully saturated rings. The van der Waals surface area contributed by atoms with Crippen molar-refractivity contribution in [2.75, 3.05) is 6.54 Å². The van der Waals surface area contributed by atoms with Gasteiger partial charge >= 0.3 is 0 Å². The molecule has 1 N–H and O–H groups in total. The van der Waals surface area contributed by atoms with Gasteiger partial charge in [0.1, 0.15) is 0 Å². The highest BCUT2D eigenvalue weighted by Crippen LogP contribution is 2.15. The van der Waals surface area contributed by atoms with Crippen LogP contribution in [-0.2, 0) is 13.0 Å². The molecule has 2 aromatic rings. The van der Waals surface area contributed by atoms with Crippen molar-refractivity contribution in [3.05, 3.63) is 35.8 Å². The lowest BCUT2D eigenvalue weighted by Gasteiger charge is -2.08. The molecule has 0 amide bonds. The van der Waals surface area contributed by atoms with Gasteiger partial charge in [-0.05, 0) is 31.5 Å². The molecule has 5 heteroatoms. The first-order valence-electron chi connectivity index (χ1n) is 6.91. The fourth-order valence-corrected chi connectivity index (χ4v) is 2.06. The van der Waals surface area contributed by atoms with Crippen molar-refractivity contribution in [2.24, 2.45) is 0 Å². The van der Waals surface area contributed by atoms with Crippen LogP contribution in [0.15, 0.2) is 24.5 Å². The zero-order valence-corrected chi connectivity index (χ0v) is 11.6. The molecule has 102 valence electrons. The van der Waals surface area contributed by atoms with Gasteiger partial charge in [0.25, 0.3) is 0 Å². The van der Waals surface area contributed by atoms with Gasteiger partial charge in [-0.1, -0.05) is 20.3 Å². The highest BCUT2D eigenvalue weighted by atomic mass is 15.3. The summed E-state index contributed by atoms with van der Waals surface area (Å²) in [6, 6.07) is 3.82. The fraction of sp³-hybridized carbons (Fsp3) is 0.500. The molecule has 0 atom stereocenters. The van der Waals surface area contributed by atoms with Gasteiger partial charge in [0, 0.05) is 18.3 Å². The average Bonchev–Trinajstić information content (AvgIpc) is 2.84. The van der Waals surface area contributed by atoms with E-state index in [0.717, 1.165) is 38.2 Å². The van der Waals surface area contributed by atoms with Crippen LogP contribution in [0.5, 0.6) is 0 Å². The van der Waals surface area contributed by atoms with Crippen LogP contribution < -0.4 is 5.32 Å². The third kappa shape index (κ3) is 3.38. The number of nitrogens with one attached hydrogen (secondary N) is 1. The molecule has 19 heavy (non-hydrogen) atoms. The Morgan fingerprint density at radius 3 is 2.84 bits per heavy atom. The van der Waals surface area contributed by atoms with Gasteiger partial charge in [0.2, 0.25) is 0 Å². The summed E-state index contributed by atoms with van der Waals surface area (Å²) in [5.41, 5.74) is 2.48. The normalized spacial score (nSPS) is 10.8. The van der Waals surface area contributed by atoms with E-state index in [1.165, 1.54) is 11.3 Å². The highest BCUT2D eigenvalue weighted by molar-refractivity contribution is 5.28. The average molecular weight is 259 g/mol. The Morgan fingerprint density at radius 2 is 2.16 bits per heavy atom. The van der Waals surface area contributed by atoms with Crippen LogP contribution >= 0.6 is 0 Å². The van der Waals surface area contributed by atoms with E-state index in [0.29, 0.717) is 0 Å². The summed E-state index contributed by atoms with van der Waals surface area (Å²) in [5, 5.41) is 15.9. The zero-order chi connectivity index (χ0) is 13.5. The number of aromatic nitrogens is 4. The molecule has 2 heterocycles. The maximum Gasteiger partial charge on any atom is 0.175 e. The van der Waals surface area contributed by atoms with Gasteiger partial charge in [-0.15, -0.1) is 5.10 Å².